The number of amides is 1. The van der Waals surface area contributed by atoms with Gasteiger partial charge in [0, 0.05) is 27.9 Å². The van der Waals surface area contributed by atoms with Gasteiger partial charge in [-0.1, -0.05) is 45.7 Å². The van der Waals surface area contributed by atoms with Crippen LogP contribution in [0.3, 0.4) is 0 Å². The molecule has 0 aliphatic rings. The molecule has 0 saturated heterocycles. The highest BCUT2D eigenvalue weighted by Gasteiger charge is 2.09. The highest BCUT2D eigenvalue weighted by molar-refractivity contribution is 9.10. The van der Waals surface area contributed by atoms with E-state index in [0.717, 1.165) is 10.0 Å². The van der Waals surface area contributed by atoms with Crippen LogP contribution < -0.4 is 10.6 Å². The SMILES string of the molecule is N#C/C(=C/NCc1ccc(Br)cc1)C(=O)Nc1cccc(Cl)c1. The van der Waals surface area contributed by atoms with E-state index in [9.17, 15) is 4.79 Å². The highest BCUT2D eigenvalue weighted by atomic mass is 79.9. The maximum absolute atomic E-state index is 12.1. The van der Waals surface area contributed by atoms with E-state index in [1.807, 2.05) is 30.3 Å². The summed E-state index contributed by atoms with van der Waals surface area (Å²) >= 11 is 9.22. The topological polar surface area (TPSA) is 64.9 Å². The number of hydrogen-bond donors (Lipinski definition) is 2. The number of hydrogen-bond acceptors (Lipinski definition) is 3. The molecule has 0 heterocycles. The third kappa shape index (κ3) is 5.44. The molecule has 23 heavy (non-hydrogen) atoms. The molecule has 0 spiro atoms. The van der Waals surface area contributed by atoms with Crippen molar-refractivity contribution in [2.45, 2.75) is 6.54 Å². The van der Waals surface area contributed by atoms with Crippen molar-refractivity contribution in [2.75, 3.05) is 5.32 Å². The number of halogens is 2. The summed E-state index contributed by atoms with van der Waals surface area (Å²) in [5, 5.41) is 15.2. The van der Waals surface area contributed by atoms with Gasteiger partial charge in [-0.3, -0.25) is 4.79 Å². The third-order valence-corrected chi connectivity index (χ3v) is 3.68. The molecule has 2 N–H and O–H groups in total. The van der Waals surface area contributed by atoms with E-state index in [1.165, 1.54) is 6.20 Å². The molecule has 0 aromatic heterocycles. The molecule has 2 aromatic rings. The summed E-state index contributed by atoms with van der Waals surface area (Å²) in [6.07, 6.45) is 1.40. The van der Waals surface area contributed by atoms with E-state index in [-0.39, 0.29) is 5.57 Å². The van der Waals surface area contributed by atoms with E-state index in [4.69, 9.17) is 16.9 Å². The van der Waals surface area contributed by atoms with Crippen LogP contribution in [-0.2, 0) is 11.3 Å². The molecule has 6 heteroatoms. The summed E-state index contributed by atoms with van der Waals surface area (Å²) in [6.45, 7) is 0.517. The van der Waals surface area contributed by atoms with Crippen molar-refractivity contribution in [1.29, 1.82) is 5.26 Å². The molecule has 4 nitrogen and oxygen atoms in total. The number of nitriles is 1. The Morgan fingerprint density at radius 1 is 1.26 bits per heavy atom. The average Bonchev–Trinajstić information content (AvgIpc) is 2.53. The summed E-state index contributed by atoms with van der Waals surface area (Å²) in [7, 11) is 0. The first kappa shape index (κ1) is 17.1. The fourth-order valence-electron chi connectivity index (χ4n) is 1.79. The van der Waals surface area contributed by atoms with Crippen LogP contribution >= 0.6 is 27.5 Å². The Bertz CT molecular complexity index is 766. The quantitative estimate of drug-likeness (QED) is 0.593. The lowest BCUT2D eigenvalue weighted by Crippen LogP contribution is -2.16. The smallest absolute Gasteiger partial charge is 0.267 e. The van der Waals surface area contributed by atoms with E-state index >= 15 is 0 Å². The van der Waals surface area contributed by atoms with Crippen LogP contribution in [0.15, 0.2) is 64.8 Å². The van der Waals surface area contributed by atoms with Gasteiger partial charge in [-0.05, 0) is 35.9 Å². The Labute approximate surface area is 147 Å². The number of rotatable bonds is 5. The lowest BCUT2D eigenvalue weighted by atomic mass is 10.2. The number of carbonyl (C=O) groups is 1. The molecule has 0 bridgehead atoms. The minimum absolute atomic E-state index is 0.0120. The van der Waals surface area contributed by atoms with Crippen LogP contribution in [-0.4, -0.2) is 5.91 Å². The van der Waals surface area contributed by atoms with Crippen molar-refractivity contribution in [3.63, 3.8) is 0 Å². The molecule has 0 aliphatic heterocycles. The zero-order valence-corrected chi connectivity index (χ0v) is 14.4. The molecule has 0 saturated carbocycles. The molecule has 0 atom stereocenters. The molecular formula is C17H13BrClN3O. The zero-order valence-electron chi connectivity index (χ0n) is 12.0. The molecule has 0 aliphatic carbocycles. The predicted molar refractivity (Wildman–Crippen MR) is 94.8 cm³/mol. The standard InChI is InChI=1S/C17H13BrClN3O/c18-14-6-4-12(5-7-14)10-21-11-13(9-20)17(23)22-16-3-1-2-15(19)8-16/h1-8,11,21H,10H2,(H,22,23)/b13-11-. The summed E-state index contributed by atoms with van der Waals surface area (Å²) in [5.74, 6) is -0.488. The second-order valence-corrected chi connectivity index (χ2v) is 5.99. The largest absolute Gasteiger partial charge is 0.386 e. The summed E-state index contributed by atoms with van der Waals surface area (Å²) < 4.78 is 0.996. The number of anilines is 1. The van der Waals surface area contributed by atoms with Gasteiger partial charge in [0.2, 0.25) is 0 Å². The molecular weight excluding hydrogens is 378 g/mol. The van der Waals surface area contributed by atoms with Gasteiger partial charge in [-0.2, -0.15) is 5.26 Å². The zero-order chi connectivity index (χ0) is 16.7. The first-order valence-corrected chi connectivity index (χ1v) is 7.90. The van der Waals surface area contributed by atoms with Crippen LogP contribution in [0.2, 0.25) is 5.02 Å². The maximum Gasteiger partial charge on any atom is 0.267 e. The van der Waals surface area contributed by atoms with Crippen molar-refractivity contribution in [1.82, 2.24) is 5.32 Å². The normalized spacial score (nSPS) is 10.7. The highest BCUT2D eigenvalue weighted by Crippen LogP contribution is 2.15. The Hall–Kier alpha value is -2.29. The summed E-state index contributed by atoms with van der Waals surface area (Å²) in [6, 6.07) is 16.4. The van der Waals surface area contributed by atoms with Crippen LogP contribution in [0.5, 0.6) is 0 Å². The number of benzene rings is 2. The molecule has 0 radical (unpaired) electrons. The van der Waals surface area contributed by atoms with Gasteiger partial charge < -0.3 is 10.6 Å². The Morgan fingerprint density at radius 2 is 2.00 bits per heavy atom. The fraction of sp³-hybridized carbons (Fsp3) is 0.0588. The van der Waals surface area contributed by atoms with E-state index in [0.29, 0.717) is 17.3 Å². The van der Waals surface area contributed by atoms with Crippen LogP contribution in [0.4, 0.5) is 5.69 Å². The lowest BCUT2D eigenvalue weighted by Gasteiger charge is -2.06. The van der Waals surface area contributed by atoms with Crippen molar-refractivity contribution < 1.29 is 4.79 Å². The predicted octanol–water partition coefficient (Wildman–Crippen LogP) is 4.24. The minimum Gasteiger partial charge on any atom is -0.386 e. The summed E-state index contributed by atoms with van der Waals surface area (Å²) in [4.78, 5) is 12.1. The minimum atomic E-state index is -0.488. The van der Waals surface area contributed by atoms with Crippen LogP contribution in [0.1, 0.15) is 5.56 Å². The first-order chi connectivity index (χ1) is 11.1. The van der Waals surface area contributed by atoms with Gasteiger partial charge in [-0.15, -0.1) is 0 Å². The molecule has 0 fully saturated rings. The second kappa shape index (κ2) is 8.37. The third-order valence-electron chi connectivity index (χ3n) is 2.91. The second-order valence-electron chi connectivity index (χ2n) is 4.64. The maximum atomic E-state index is 12.1. The average molecular weight is 391 g/mol. The number of nitrogens with one attached hydrogen (secondary N) is 2. The molecule has 116 valence electrons. The van der Waals surface area contributed by atoms with Crippen molar-refractivity contribution >= 4 is 39.1 Å². The molecule has 1 amide bonds. The first-order valence-electron chi connectivity index (χ1n) is 6.73. The Balaban J connectivity index is 1.96. The summed E-state index contributed by atoms with van der Waals surface area (Å²) in [5.41, 5.74) is 1.57. The van der Waals surface area contributed by atoms with E-state index in [2.05, 4.69) is 26.6 Å². The lowest BCUT2D eigenvalue weighted by molar-refractivity contribution is -0.112. The number of carbonyl (C=O) groups excluding carboxylic acids is 1. The molecule has 2 aromatic carbocycles. The van der Waals surface area contributed by atoms with Crippen LogP contribution in [0, 0.1) is 11.3 Å². The van der Waals surface area contributed by atoms with E-state index in [1.54, 1.807) is 24.3 Å². The monoisotopic (exact) mass is 389 g/mol. The van der Waals surface area contributed by atoms with Crippen molar-refractivity contribution in [3.8, 4) is 6.07 Å². The van der Waals surface area contributed by atoms with Crippen molar-refractivity contribution in [2.24, 2.45) is 0 Å². The number of nitrogens with zero attached hydrogens (tertiary/aromatic N) is 1. The van der Waals surface area contributed by atoms with Gasteiger partial charge in [0.15, 0.2) is 0 Å². The van der Waals surface area contributed by atoms with Gasteiger partial charge in [-0.25, -0.2) is 0 Å². The van der Waals surface area contributed by atoms with Gasteiger partial charge in [0.1, 0.15) is 11.6 Å². The Kier molecular flexibility index (Phi) is 6.21. The van der Waals surface area contributed by atoms with Crippen molar-refractivity contribution in [3.05, 3.63) is 75.4 Å². The Morgan fingerprint density at radius 3 is 2.65 bits per heavy atom. The van der Waals surface area contributed by atoms with Gasteiger partial charge in [0.25, 0.3) is 5.91 Å². The molecule has 2 rings (SSSR count). The van der Waals surface area contributed by atoms with Gasteiger partial charge in [0.05, 0.1) is 0 Å². The molecule has 0 unspecified atom stereocenters. The van der Waals surface area contributed by atoms with Crippen LogP contribution in [0.25, 0.3) is 0 Å². The van der Waals surface area contributed by atoms with Gasteiger partial charge >= 0.3 is 0 Å². The van der Waals surface area contributed by atoms with E-state index < -0.39 is 5.91 Å². The fourth-order valence-corrected chi connectivity index (χ4v) is 2.24.